The second-order valence-corrected chi connectivity index (χ2v) is 4.75. The molecule has 1 aromatic heterocycles. The highest BCUT2D eigenvalue weighted by Gasteiger charge is 2.07. The third-order valence-corrected chi connectivity index (χ3v) is 2.90. The van der Waals surface area contributed by atoms with Gasteiger partial charge in [-0.3, -0.25) is 0 Å². The van der Waals surface area contributed by atoms with Gasteiger partial charge in [-0.1, -0.05) is 6.07 Å². The van der Waals surface area contributed by atoms with Crippen molar-refractivity contribution in [1.29, 1.82) is 0 Å². The molecule has 94 valence electrons. The Morgan fingerprint density at radius 3 is 2.83 bits per heavy atom. The summed E-state index contributed by atoms with van der Waals surface area (Å²) in [4.78, 5) is 4.12. The lowest BCUT2D eigenvalue weighted by Crippen LogP contribution is -2.01. The Bertz CT molecular complexity index is 575. The highest BCUT2D eigenvalue weighted by atomic mass is 79.9. The molecule has 0 aliphatic heterocycles. The molecule has 18 heavy (non-hydrogen) atoms. The molecular weight excluding hydrogens is 299 g/mol. The van der Waals surface area contributed by atoms with Gasteiger partial charge >= 0.3 is 0 Å². The first-order valence-corrected chi connectivity index (χ1v) is 6.18. The SMILES string of the molecule is Cc1ccc(Oc2ncc(Br)cc2CN)cc1F. The smallest absolute Gasteiger partial charge is 0.223 e. The van der Waals surface area contributed by atoms with Crippen molar-refractivity contribution in [2.45, 2.75) is 13.5 Å². The third-order valence-electron chi connectivity index (χ3n) is 2.47. The monoisotopic (exact) mass is 310 g/mol. The van der Waals surface area contributed by atoms with Crippen molar-refractivity contribution in [1.82, 2.24) is 4.98 Å². The van der Waals surface area contributed by atoms with E-state index in [1.54, 1.807) is 25.3 Å². The Morgan fingerprint density at radius 2 is 2.17 bits per heavy atom. The van der Waals surface area contributed by atoms with Gasteiger partial charge in [-0.15, -0.1) is 0 Å². The van der Waals surface area contributed by atoms with Crippen molar-refractivity contribution in [2.24, 2.45) is 5.73 Å². The first-order chi connectivity index (χ1) is 8.60. The highest BCUT2D eigenvalue weighted by Crippen LogP contribution is 2.26. The van der Waals surface area contributed by atoms with E-state index in [0.717, 1.165) is 10.0 Å². The number of rotatable bonds is 3. The van der Waals surface area contributed by atoms with E-state index in [1.807, 2.05) is 6.07 Å². The van der Waals surface area contributed by atoms with Gasteiger partial charge in [-0.25, -0.2) is 9.37 Å². The molecule has 0 aliphatic rings. The maximum atomic E-state index is 13.4. The standard InChI is InChI=1S/C13H12BrFN2O/c1-8-2-3-11(5-12(8)15)18-13-9(6-16)4-10(14)7-17-13/h2-5,7H,6,16H2,1H3. The minimum Gasteiger partial charge on any atom is -0.439 e. The van der Waals surface area contributed by atoms with Crippen molar-refractivity contribution < 1.29 is 9.13 Å². The van der Waals surface area contributed by atoms with Gasteiger partial charge in [0, 0.05) is 28.8 Å². The predicted octanol–water partition coefficient (Wildman–Crippen LogP) is 3.54. The van der Waals surface area contributed by atoms with Gasteiger partial charge < -0.3 is 10.5 Å². The van der Waals surface area contributed by atoms with Crippen molar-refractivity contribution >= 4 is 15.9 Å². The lowest BCUT2D eigenvalue weighted by Gasteiger charge is -2.09. The van der Waals surface area contributed by atoms with Gasteiger partial charge in [0.05, 0.1) is 0 Å². The van der Waals surface area contributed by atoms with Gasteiger partial charge in [0.1, 0.15) is 11.6 Å². The van der Waals surface area contributed by atoms with Crippen LogP contribution in [0, 0.1) is 12.7 Å². The highest BCUT2D eigenvalue weighted by molar-refractivity contribution is 9.10. The van der Waals surface area contributed by atoms with E-state index in [1.165, 1.54) is 6.07 Å². The maximum Gasteiger partial charge on any atom is 0.223 e. The molecule has 0 bridgehead atoms. The summed E-state index contributed by atoms with van der Waals surface area (Å²) in [5, 5.41) is 0. The van der Waals surface area contributed by atoms with Crippen LogP contribution in [0.2, 0.25) is 0 Å². The summed E-state index contributed by atoms with van der Waals surface area (Å²) in [5.74, 6) is 0.491. The summed E-state index contributed by atoms with van der Waals surface area (Å²) < 4.78 is 19.8. The van der Waals surface area contributed by atoms with Crippen LogP contribution in [0.25, 0.3) is 0 Å². The molecule has 0 unspecified atom stereocenters. The van der Waals surface area contributed by atoms with Crippen LogP contribution in [0.3, 0.4) is 0 Å². The van der Waals surface area contributed by atoms with Crippen molar-refractivity contribution in [3.63, 3.8) is 0 Å². The molecule has 5 heteroatoms. The van der Waals surface area contributed by atoms with Gasteiger partial charge in [0.25, 0.3) is 0 Å². The summed E-state index contributed by atoms with van der Waals surface area (Å²) in [6.07, 6.45) is 1.61. The van der Waals surface area contributed by atoms with Crippen LogP contribution >= 0.6 is 15.9 Å². The molecule has 0 saturated heterocycles. The fourth-order valence-corrected chi connectivity index (χ4v) is 1.83. The fraction of sp³-hybridized carbons (Fsp3) is 0.154. The number of nitrogens with two attached hydrogens (primary N) is 1. The molecule has 0 amide bonds. The van der Waals surface area contributed by atoms with E-state index in [-0.39, 0.29) is 5.82 Å². The Kier molecular flexibility index (Phi) is 3.93. The largest absolute Gasteiger partial charge is 0.439 e. The Morgan fingerprint density at radius 1 is 1.39 bits per heavy atom. The molecule has 0 spiro atoms. The molecule has 0 atom stereocenters. The first kappa shape index (κ1) is 13.0. The number of halogens is 2. The maximum absolute atomic E-state index is 13.4. The number of hydrogen-bond donors (Lipinski definition) is 1. The van der Waals surface area contributed by atoms with Crippen molar-refractivity contribution in [3.8, 4) is 11.6 Å². The van der Waals surface area contributed by atoms with E-state index < -0.39 is 0 Å². The average molecular weight is 311 g/mol. The zero-order chi connectivity index (χ0) is 13.1. The predicted molar refractivity (Wildman–Crippen MR) is 71.0 cm³/mol. The second-order valence-electron chi connectivity index (χ2n) is 3.83. The van der Waals surface area contributed by atoms with E-state index in [2.05, 4.69) is 20.9 Å². The molecule has 2 rings (SSSR count). The van der Waals surface area contributed by atoms with Gasteiger partial charge in [0.2, 0.25) is 5.88 Å². The molecule has 1 aromatic carbocycles. The molecule has 0 saturated carbocycles. The lowest BCUT2D eigenvalue weighted by molar-refractivity contribution is 0.451. The molecule has 2 aromatic rings. The number of aryl methyl sites for hydroxylation is 1. The second kappa shape index (κ2) is 5.46. The Balaban J connectivity index is 2.30. The molecule has 0 fully saturated rings. The quantitative estimate of drug-likeness (QED) is 0.943. The lowest BCUT2D eigenvalue weighted by atomic mass is 10.2. The number of aromatic nitrogens is 1. The summed E-state index contributed by atoms with van der Waals surface area (Å²) in [7, 11) is 0. The summed E-state index contributed by atoms with van der Waals surface area (Å²) in [6.45, 7) is 2.00. The van der Waals surface area contributed by atoms with Gasteiger partial charge in [-0.05, 0) is 40.5 Å². The summed E-state index contributed by atoms with van der Waals surface area (Å²) in [5.41, 5.74) is 6.94. The topological polar surface area (TPSA) is 48.1 Å². The van der Waals surface area contributed by atoms with Gasteiger partial charge in [0.15, 0.2) is 0 Å². The zero-order valence-electron chi connectivity index (χ0n) is 9.78. The number of nitrogens with zero attached hydrogens (tertiary/aromatic N) is 1. The minimum atomic E-state index is -0.307. The van der Waals surface area contributed by atoms with E-state index in [9.17, 15) is 4.39 Å². The Hall–Kier alpha value is -1.46. The Labute approximate surface area is 113 Å². The van der Waals surface area contributed by atoms with Crippen molar-refractivity contribution in [3.05, 3.63) is 51.9 Å². The summed E-state index contributed by atoms with van der Waals surface area (Å²) in [6, 6.07) is 6.51. The van der Waals surface area contributed by atoms with Crippen LogP contribution < -0.4 is 10.5 Å². The normalized spacial score (nSPS) is 10.4. The molecule has 3 nitrogen and oxygen atoms in total. The van der Waals surface area contributed by atoms with Crippen LogP contribution in [-0.4, -0.2) is 4.98 Å². The number of hydrogen-bond acceptors (Lipinski definition) is 3. The first-order valence-electron chi connectivity index (χ1n) is 5.38. The molecule has 0 aliphatic carbocycles. The molecule has 1 heterocycles. The number of pyridine rings is 1. The molecular formula is C13H12BrFN2O. The third kappa shape index (κ3) is 2.86. The van der Waals surface area contributed by atoms with E-state index in [4.69, 9.17) is 10.5 Å². The zero-order valence-corrected chi connectivity index (χ0v) is 11.4. The van der Waals surface area contributed by atoms with Crippen LogP contribution in [0.15, 0.2) is 34.9 Å². The number of ether oxygens (including phenoxy) is 1. The van der Waals surface area contributed by atoms with Crippen molar-refractivity contribution in [2.75, 3.05) is 0 Å². The van der Waals surface area contributed by atoms with Crippen LogP contribution in [0.5, 0.6) is 11.6 Å². The van der Waals surface area contributed by atoms with Gasteiger partial charge in [-0.2, -0.15) is 0 Å². The van der Waals surface area contributed by atoms with Crippen LogP contribution in [0.1, 0.15) is 11.1 Å². The molecule has 0 radical (unpaired) electrons. The average Bonchev–Trinajstić information content (AvgIpc) is 2.36. The van der Waals surface area contributed by atoms with Crippen LogP contribution in [0.4, 0.5) is 4.39 Å². The van der Waals surface area contributed by atoms with Crippen LogP contribution in [-0.2, 0) is 6.54 Å². The minimum absolute atomic E-state index is 0.302. The molecule has 2 N–H and O–H groups in total. The van der Waals surface area contributed by atoms with E-state index >= 15 is 0 Å². The fourth-order valence-electron chi connectivity index (χ4n) is 1.46. The number of benzene rings is 1. The van der Waals surface area contributed by atoms with E-state index in [0.29, 0.717) is 23.7 Å². The summed E-state index contributed by atoms with van der Waals surface area (Å²) >= 11 is 3.31.